The normalized spacial score (nSPS) is 15.0. The fourth-order valence-electron chi connectivity index (χ4n) is 2.66. The third-order valence-electron chi connectivity index (χ3n) is 3.87. The van der Waals surface area contributed by atoms with E-state index in [1.165, 1.54) is 25.7 Å². The molecule has 0 unspecified atom stereocenters. The van der Waals surface area contributed by atoms with Crippen LogP contribution < -0.4 is 10.2 Å². The van der Waals surface area contributed by atoms with Gasteiger partial charge >= 0.3 is 0 Å². The highest BCUT2D eigenvalue weighted by molar-refractivity contribution is 5.60. The zero-order valence-corrected chi connectivity index (χ0v) is 12.5. The fraction of sp³-hybridized carbons (Fsp3) is 0.353. The Morgan fingerprint density at radius 2 is 1.73 bits per heavy atom. The van der Waals surface area contributed by atoms with Crippen molar-refractivity contribution in [1.82, 2.24) is 9.97 Å². The van der Waals surface area contributed by atoms with E-state index in [1.54, 1.807) is 18.5 Å². The molecular formula is C17H19N5. The number of nitrogens with one attached hydrogen (secondary N) is 1. The zero-order valence-electron chi connectivity index (χ0n) is 12.5. The standard InChI is InChI=1S/C17H19N5/c18-12-14-5-7-15(8-6-14)21-16-11-17(20-13-19-16)22-9-3-1-2-4-10-22/h5-8,11,13H,1-4,9-10H2,(H,19,20,21). The number of nitrogens with zero attached hydrogens (tertiary/aromatic N) is 4. The lowest BCUT2D eigenvalue weighted by atomic mass is 10.2. The third-order valence-corrected chi connectivity index (χ3v) is 3.87. The van der Waals surface area contributed by atoms with Crippen LogP contribution in [0.1, 0.15) is 31.2 Å². The highest BCUT2D eigenvalue weighted by atomic mass is 15.2. The van der Waals surface area contributed by atoms with E-state index in [0.717, 1.165) is 30.4 Å². The molecule has 0 amide bonds. The molecule has 0 aliphatic carbocycles. The van der Waals surface area contributed by atoms with E-state index < -0.39 is 0 Å². The van der Waals surface area contributed by atoms with Crippen LogP contribution in [-0.4, -0.2) is 23.1 Å². The van der Waals surface area contributed by atoms with E-state index in [-0.39, 0.29) is 0 Å². The summed E-state index contributed by atoms with van der Waals surface area (Å²) in [5, 5.41) is 12.1. The van der Waals surface area contributed by atoms with Gasteiger partial charge in [-0.15, -0.1) is 0 Å². The third kappa shape index (κ3) is 3.53. The molecule has 5 heteroatoms. The summed E-state index contributed by atoms with van der Waals surface area (Å²) in [4.78, 5) is 11.0. The molecule has 3 rings (SSSR count). The number of hydrogen-bond donors (Lipinski definition) is 1. The second kappa shape index (κ2) is 6.90. The topological polar surface area (TPSA) is 64.8 Å². The molecule has 1 saturated heterocycles. The quantitative estimate of drug-likeness (QED) is 0.938. The number of rotatable bonds is 3. The number of nitriles is 1. The van der Waals surface area contributed by atoms with Gasteiger partial charge in [0.15, 0.2) is 0 Å². The molecule has 1 aliphatic rings. The van der Waals surface area contributed by atoms with Gasteiger partial charge in [0.05, 0.1) is 11.6 Å². The first kappa shape index (κ1) is 14.3. The number of anilines is 3. The van der Waals surface area contributed by atoms with Gasteiger partial charge in [0.25, 0.3) is 0 Å². The number of hydrogen-bond acceptors (Lipinski definition) is 5. The predicted octanol–water partition coefficient (Wildman–Crippen LogP) is 3.47. The smallest absolute Gasteiger partial charge is 0.135 e. The molecule has 5 nitrogen and oxygen atoms in total. The van der Waals surface area contributed by atoms with Gasteiger partial charge in [0, 0.05) is 24.8 Å². The van der Waals surface area contributed by atoms with Crippen molar-refractivity contribution in [3.8, 4) is 6.07 Å². The summed E-state index contributed by atoms with van der Waals surface area (Å²) in [7, 11) is 0. The van der Waals surface area contributed by atoms with Crippen LogP contribution in [0.2, 0.25) is 0 Å². The Morgan fingerprint density at radius 1 is 1.00 bits per heavy atom. The SMILES string of the molecule is N#Cc1ccc(Nc2cc(N3CCCCCC3)ncn2)cc1. The van der Waals surface area contributed by atoms with E-state index in [1.807, 2.05) is 18.2 Å². The predicted molar refractivity (Wildman–Crippen MR) is 87.2 cm³/mol. The molecule has 0 atom stereocenters. The molecule has 0 spiro atoms. The molecule has 1 aromatic heterocycles. The highest BCUT2D eigenvalue weighted by Gasteiger charge is 2.11. The van der Waals surface area contributed by atoms with Crippen LogP contribution in [0.3, 0.4) is 0 Å². The Balaban J connectivity index is 1.74. The summed E-state index contributed by atoms with van der Waals surface area (Å²) in [6, 6.07) is 11.4. The lowest BCUT2D eigenvalue weighted by Crippen LogP contribution is -2.24. The summed E-state index contributed by atoms with van der Waals surface area (Å²) in [5.74, 6) is 1.76. The van der Waals surface area contributed by atoms with Gasteiger partial charge in [0.1, 0.15) is 18.0 Å². The molecule has 2 aromatic rings. The monoisotopic (exact) mass is 293 g/mol. The van der Waals surface area contributed by atoms with Crippen LogP contribution in [0, 0.1) is 11.3 Å². The maximum Gasteiger partial charge on any atom is 0.135 e. The van der Waals surface area contributed by atoms with Crippen LogP contribution in [0.5, 0.6) is 0 Å². The Morgan fingerprint density at radius 3 is 2.41 bits per heavy atom. The van der Waals surface area contributed by atoms with Crippen LogP contribution in [0.15, 0.2) is 36.7 Å². The van der Waals surface area contributed by atoms with Crippen molar-refractivity contribution in [2.75, 3.05) is 23.3 Å². The second-order valence-corrected chi connectivity index (χ2v) is 5.48. The molecule has 0 saturated carbocycles. The minimum Gasteiger partial charge on any atom is -0.356 e. The summed E-state index contributed by atoms with van der Waals surface area (Å²) in [5.41, 5.74) is 1.57. The van der Waals surface area contributed by atoms with Crippen LogP contribution in [-0.2, 0) is 0 Å². The van der Waals surface area contributed by atoms with Crippen molar-refractivity contribution in [3.63, 3.8) is 0 Å². The van der Waals surface area contributed by atoms with Crippen molar-refractivity contribution < 1.29 is 0 Å². The Kier molecular flexibility index (Phi) is 4.50. The Labute approximate surface area is 130 Å². The molecule has 2 heterocycles. The van der Waals surface area contributed by atoms with Gasteiger partial charge in [-0.3, -0.25) is 0 Å². The van der Waals surface area contributed by atoms with E-state index in [0.29, 0.717) is 5.56 Å². The van der Waals surface area contributed by atoms with Gasteiger partial charge in [-0.2, -0.15) is 5.26 Å². The largest absolute Gasteiger partial charge is 0.356 e. The summed E-state index contributed by atoms with van der Waals surface area (Å²) in [6.07, 6.45) is 6.66. The molecule has 1 aliphatic heterocycles. The first-order valence-corrected chi connectivity index (χ1v) is 7.69. The van der Waals surface area contributed by atoms with E-state index in [9.17, 15) is 0 Å². The van der Waals surface area contributed by atoms with Crippen molar-refractivity contribution in [2.45, 2.75) is 25.7 Å². The van der Waals surface area contributed by atoms with Crippen LogP contribution in [0.4, 0.5) is 17.3 Å². The number of aromatic nitrogens is 2. The lowest BCUT2D eigenvalue weighted by Gasteiger charge is -2.21. The molecular weight excluding hydrogens is 274 g/mol. The summed E-state index contributed by atoms with van der Waals surface area (Å²) < 4.78 is 0. The van der Waals surface area contributed by atoms with Gasteiger partial charge in [0.2, 0.25) is 0 Å². The van der Waals surface area contributed by atoms with Gasteiger partial charge < -0.3 is 10.2 Å². The van der Waals surface area contributed by atoms with E-state index >= 15 is 0 Å². The first-order valence-electron chi connectivity index (χ1n) is 7.69. The fourth-order valence-corrected chi connectivity index (χ4v) is 2.66. The maximum absolute atomic E-state index is 8.83. The molecule has 1 aromatic carbocycles. The van der Waals surface area contributed by atoms with E-state index in [4.69, 9.17) is 5.26 Å². The second-order valence-electron chi connectivity index (χ2n) is 5.48. The van der Waals surface area contributed by atoms with Crippen molar-refractivity contribution in [1.29, 1.82) is 5.26 Å². The highest BCUT2D eigenvalue weighted by Crippen LogP contribution is 2.21. The minimum absolute atomic E-state index is 0.651. The molecule has 112 valence electrons. The number of benzene rings is 1. The van der Waals surface area contributed by atoms with Crippen molar-refractivity contribution in [3.05, 3.63) is 42.2 Å². The Bertz CT molecular complexity index is 651. The van der Waals surface area contributed by atoms with Gasteiger partial charge in [-0.1, -0.05) is 12.8 Å². The lowest BCUT2D eigenvalue weighted by molar-refractivity contribution is 0.726. The van der Waals surface area contributed by atoms with Crippen LogP contribution in [0.25, 0.3) is 0 Å². The Hall–Kier alpha value is -2.61. The molecule has 22 heavy (non-hydrogen) atoms. The van der Waals surface area contributed by atoms with E-state index in [2.05, 4.69) is 26.3 Å². The molecule has 0 radical (unpaired) electrons. The minimum atomic E-state index is 0.651. The first-order chi connectivity index (χ1) is 10.8. The average Bonchev–Trinajstić information content (AvgIpc) is 2.85. The van der Waals surface area contributed by atoms with Crippen LogP contribution >= 0.6 is 0 Å². The molecule has 0 bridgehead atoms. The van der Waals surface area contributed by atoms with Gasteiger partial charge in [-0.05, 0) is 37.1 Å². The van der Waals surface area contributed by atoms with Crippen molar-refractivity contribution in [2.24, 2.45) is 0 Å². The maximum atomic E-state index is 8.83. The molecule has 1 N–H and O–H groups in total. The average molecular weight is 293 g/mol. The zero-order chi connectivity index (χ0) is 15.2. The van der Waals surface area contributed by atoms with Gasteiger partial charge in [-0.25, -0.2) is 9.97 Å². The molecule has 1 fully saturated rings. The summed E-state index contributed by atoms with van der Waals surface area (Å²) >= 11 is 0. The van der Waals surface area contributed by atoms with Crippen molar-refractivity contribution >= 4 is 17.3 Å². The summed E-state index contributed by atoms with van der Waals surface area (Å²) in [6.45, 7) is 2.13.